The number of hydrogen-bond donors (Lipinski definition) is 0. The minimum atomic E-state index is 0.199. The van der Waals surface area contributed by atoms with Crippen LogP contribution in [0.15, 0.2) is 6.33 Å². The summed E-state index contributed by atoms with van der Waals surface area (Å²) >= 11 is 12.1. The molecule has 6 rings (SSSR count). The Kier molecular flexibility index (Phi) is 2.82. The summed E-state index contributed by atoms with van der Waals surface area (Å²) in [7, 11) is 0. The van der Waals surface area contributed by atoms with Gasteiger partial charge in [-0.25, -0.2) is 9.97 Å². The summed E-state index contributed by atoms with van der Waals surface area (Å²) in [6.07, 6.45) is 10.3. The lowest BCUT2D eigenvalue weighted by atomic mass is 9.49. The molecular weight excluding hydrogens is 319 g/mol. The number of nitrogens with zero attached hydrogens (tertiary/aromatic N) is 4. The predicted octanol–water partition coefficient (Wildman–Crippen LogP) is 4.35. The molecule has 6 heteroatoms. The fourth-order valence-electron chi connectivity index (χ4n) is 5.85. The average Bonchev–Trinajstić information content (AvgIpc) is 2.80. The van der Waals surface area contributed by atoms with Crippen LogP contribution in [-0.4, -0.2) is 19.5 Å². The van der Waals surface area contributed by atoms with Gasteiger partial charge in [0.1, 0.15) is 5.52 Å². The van der Waals surface area contributed by atoms with Gasteiger partial charge in [0.05, 0.1) is 6.33 Å². The van der Waals surface area contributed by atoms with E-state index in [-0.39, 0.29) is 5.28 Å². The highest BCUT2D eigenvalue weighted by Crippen LogP contribution is 2.60. The molecule has 0 unspecified atom stereocenters. The van der Waals surface area contributed by atoms with Crippen LogP contribution in [0.4, 0.5) is 0 Å². The van der Waals surface area contributed by atoms with Gasteiger partial charge in [-0.1, -0.05) is 11.6 Å². The van der Waals surface area contributed by atoms with Crippen molar-refractivity contribution in [1.29, 1.82) is 0 Å². The SMILES string of the molecule is Clc1nc(Cl)c2ncn(CC34CC5CC(CC(C5)C3)C4)c2n1. The molecule has 0 saturated heterocycles. The normalized spacial score (nSPS) is 36.4. The molecule has 2 heterocycles. The van der Waals surface area contributed by atoms with E-state index in [9.17, 15) is 0 Å². The largest absolute Gasteiger partial charge is 0.315 e. The van der Waals surface area contributed by atoms with Crippen molar-refractivity contribution in [2.75, 3.05) is 0 Å². The van der Waals surface area contributed by atoms with Gasteiger partial charge in [0.25, 0.3) is 0 Å². The predicted molar refractivity (Wildman–Crippen MR) is 85.9 cm³/mol. The summed E-state index contributed by atoms with van der Waals surface area (Å²) in [5.41, 5.74) is 1.88. The van der Waals surface area contributed by atoms with E-state index in [0.717, 1.165) is 29.9 Å². The maximum atomic E-state index is 6.14. The first-order valence-corrected chi connectivity index (χ1v) is 8.90. The van der Waals surface area contributed by atoms with Crippen LogP contribution in [0.5, 0.6) is 0 Å². The van der Waals surface area contributed by atoms with Gasteiger partial charge in [-0.15, -0.1) is 0 Å². The number of halogens is 2. The molecule has 4 nitrogen and oxygen atoms in total. The van der Waals surface area contributed by atoms with Crippen LogP contribution in [0.25, 0.3) is 11.2 Å². The zero-order chi connectivity index (χ0) is 14.9. The second-order valence-corrected chi connectivity index (χ2v) is 8.44. The maximum absolute atomic E-state index is 6.14. The Morgan fingerprint density at radius 3 is 2.32 bits per heavy atom. The Bertz CT molecular complexity index is 719. The molecule has 0 spiro atoms. The molecule has 0 amide bonds. The first-order chi connectivity index (χ1) is 10.6. The number of fused-ring (bicyclic) bond motifs is 1. The molecule has 0 N–H and O–H groups in total. The Morgan fingerprint density at radius 1 is 1.05 bits per heavy atom. The number of aromatic nitrogens is 4. The number of imidazole rings is 1. The van der Waals surface area contributed by atoms with Gasteiger partial charge in [0.2, 0.25) is 5.28 Å². The van der Waals surface area contributed by atoms with Gasteiger partial charge in [0, 0.05) is 6.54 Å². The molecule has 0 radical (unpaired) electrons. The fourth-order valence-corrected chi connectivity index (χ4v) is 6.27. The standard InChI is InChI=1S/C16H18Cl2N4/c17-13-12-14(21-15(18)20-13)22(8-19-12)7-16-4-9-1-10(5-16)3-11(2-9)6-16/h8-11H,1-7H2. The van der Waals surface area contributed by atoms with Crippen molar-refractivity contribution in [3.63, 3.8) is 0 Å². The summed E-state index contributed by atoms with van der Waals surface area (Å²) in [4.78, 5) is 12.8. The summed E-state index contributed by atoms with van der Waals surface area (Å²) < 4.78 is 2.15. The number of rotatable bonds is 2. The quantitative estimate of drug-likeness (QED) is 0.604. The van der Waals surface area contributed by atoms with Crippen LogP contribution >= 0.6 is 23.2 Å². The van der Waals surface area contributed by atoms with Crippen molar-refractivity contribution in [2.45, 2.75) is 45.1 Å². The van der Waals surface area contributed by atoms with E-state index in [4.69, 9.17) is 23.2 Å². The van der Waals surface area contributed by atoms with Crippen LogP contribution in [0.1, 0.15) is 38.5 Å². The van der Waals surface area contributed by atoms with E-state index in [0.29, 0.717) is 16.1 Å². The van der Waals surface area contributed by atoms with Gasteiger partial charge in [-0.3, -0.25) is 0 Å². The second kappa shape index (κ2) is 4.57. The van der Waals surface area contributed by atoms with Gasteiger partial charge >= 0.3 is 0 Å². The van der Waals surface area contributed by atoms with Crippen molar-refractivity contribution in [1.82, 2.24) is 19.5 Å². The first kappa shape index (κ1) is 13.6. The van der Waals surface area contributed by atoms with Gasteiger partial charge in [0.15, 0.2) is 10.8 Å². The van der Waals surface area contributed by atoms with Crippen molar-refractivity contribution >= 4 is 34.4 Å². The Hall–Kier alpha value is -0.870. The lowest BCUT2D eigenvalue weighted by molar-refractivity contribution is -0.0614. The van der Waals surface area contributed by atoms with Crippen LogP contribution in [-0.2, 0) is 6.54 Å². The molecule has 4 aliphatic rings. The molecule has 0 aliphatic heterocycles. The Morgan fingerprint density at radius 2 is 1.68 bits per heavy atom. The average molecular weight is 337 g/mol. The smallest absolute Gasteiger partial charge is 0.225 e. The third-order valence-corrected chi connectivity index (χ3v) is 6.50. The van der Waals surface area contributed by atoms with E-state index < -0.39 is 0 Å². The zero-order valence-electron chi connectivity index (χ0n) is 12.3. The topological polar surface area (TPSA) is 43.6 Å². The highest BCUT2D eigenvalue weighted by atomic mass is 35.5. The van der Waals surface area contributed by atoms with E-state index in [1.165, 1.54) is 38.5 Å². The third-order valence-electron chi connectivity index (χ3n) is 6.06. The first-order valence-electron chi connectivity index (χ1n) is 8.14. The monoisotopic (exact) mass is 336 g/mol. The highest BCUT2D eigenvalue weighted by Gasteiger charge is 2.51. The van der Waals surface area contributed by atoms with Gasteiger partial charge < -0.3 is 4.57 Å². The minimum Gasteiger partial charge on any atom is -0.315 e. The van der Waals surface area contributed by atoms with Crippen LogP contribution in [0.3, 0.4) is 0 Å². The molecule has 4 aliphatic carbocycles. The second-order valence-electron chi connectivity index (χ2n) is 7.75. The van der Waals surface area contributed by atoms with Crippen molar-refractivity contribution in [2.24, 2.45) is 23.2 Å². The van der Waals surface area contributed by atoms with Crippen LogP contribution in [0.2, 0.25) is 10.4 Å². The van der Waals surface area contributed by atoms with E-state index in [1.807, 2.05) is 6.33 Å². The summed E-state index contributed by atoms with van der Waals surface area (Å²) in [6, 6.07) is 0. The van der Waals surface area contributed by atoms with Crippen LogP contribution in [0, 0.1) is 23.2 Å². The summed E-state index contributed by atoms with van der Waals surface area (Å²) in [5, 5.41) is 0.545. The molecule has 2 aromatic rings. The molecule has 0 atom stereocenters. The number of hydrogen-bond acceptors (Lipinski definition) is 3. The van der Waals surface area contributed by atoms with E-state index >= 15 is 0 Å². The van der Waals surface area contributed by atoms with Gasteiger partial charge in [-0.2, -0.15) is 4.98 Å². The molecule has 116 valence electrons. The lowest BCUT2D eigenvalue weighted by Crippen LogP contribution is -2.47. The van der Waals surface area contributed by atoms with Crippen LogP contribution < -0.4 is 0 Å². The zero-order valence-corrected chi connectivity index (χ0v) is 13.8. The molecular formula is C16H18Cl2N4. The Labute approximate surface area is 139 Å². The molecule has 4 fully saturated rings. The fraction of sp³-hybridized carbons (Fsp3) is 0.688. The molecule has 4 bridgehead atoms. The lowest BCUT2D eigenvalue weighted by Gasteiger charge is -2.57. The molecule has 22 heavy (non-hydrogen) atoms. The Balaban J connectivity index is 1.54. The third kappa shape index (κ3) is 2.00. The van der Waals surface area contributed by atoms with Crippen molar-refractivity contribution in [3.05, 3.63) is 16.8 Å². The van der Waals surface area contributed by atoms with E-state index in [1.54, 1.807) is 0 Å². The highest BCUT2D eigenvalue weighted by molar-refractivity contribution is 6.35. The molecule has 2 aromatic heterocycles. The van der Waals surface area contributed by atoms with Crippen molar-refractivity contribution < 1.29 is 0 Å². The van der Waals surface area contributed by atoms with Gasteiger partial charge in [-0.05, 0) is 73.3 Å². The molecule has 0 aromatic carbocycles. The maximum Gasteiger partial charge on any atom is 0.225 e. The summed E-state index contributed by atoms with van der Waals surface area (Å²) in [6.45, 7) is 0.997. The minimum absolute atomic E-state index is 0.199. The van der Waals surface area contributed by atoms with E-state index in [2.05, 4.69) is 19.5 Å². The summed E-state index contributed by atoms with van der Waals surface area (Å²) in [5.74, 6) is 2.84. The van der Waals surface area contributed by atoms with Crippen molar-refractivity contribution in [3.8, 4) is 0 Å². The molecule has 4 saturated carbocycles.